The fraction of sp³-hybridized carbons (Fsp3) is 0.200. The molecule has 3 rings (SSSR count). The number of carbonyl (C=O) groups is 4. The molecular weight excluding hydrogens is 334 g/mol. The lowest BCUT2D eigenvalue weighted by atomic mass is 10.0. The van der Waals surface area contributed by atoms with Crippen molar-refractivity contribution in [2.75, 3.05) is 6.61 Å². The Morgan fingerprint density at radius 1 is 0.808 bits per heavy atom. The lowest BCUT2D eigenvalue weighted by Crippen LogP contribution is -2.30. The fourth-order valence-electron chi connectivity index (χ4n) is 2.32. The molecule has 26 heavy (non-hydrogen) atoms. The summed E-state index contributed by atoms with van der Waals surface area (Å²) < 4.78 is 4.93. The van der Waals surface area contributed by atoms with Crippen molar-refractivity contribution in [2.24, 2.45) is 0 Å². The average Bonchev–Trinajstić information content (AvgIpc) is 3.49. The van der Waals surface area contributed by atoms with E-state index in [0.29, 0.717) is 5.56 Å². The van der Waals surface area contributed by atoms with E-state index in [-0.39, 0.29) is 29.7 Å². The molecule has 0 spiro atoms. The highest BCUT2D eigenvalue weighted by Crippen LogP contribution is 2.18. The molecule has 1 aliphatic rings. The molecule has 0 aliphatic heterocycles. The lowest BCUT2D eigenvalue weighted by molar-refractivity contribution is -0.124. The van der Waals surface area contributed by atoms with Crippen LogP contribution in [0.15, 0.2) is 54.6 Å². The van der Waals surface area contributed by atoms with Crippen LogP contribution in [0, 0.1) is 0 Å². The lowest BCUT2D eigenvalue weighted by Gasteiger charge is -2.06. The molecule has 0 aromatic heterocycles. The van der Waals surface area contributed by atoms with Gasteiger partial charge in [-0.05, 0) is 25.0 Å². The summed E-state index contributed by atoms with van der Waals surface area (Å²) >= 11 is 0. The second kappa shape index (κ2) is 7.74. The van der Waals surface area contributed by atoms with Gasteiger partial charge >= 0.3 is 5.97 Å². The molecule has 0 atom stereocenters. The molecule has 1 N–H and O–H groups in total. The monoisotopic (exact) mass is 351 g/mol. The summed E-state index contributed by atoms with van der Waals surface area (Å²) in [7, 11) is 0. The van der Waals surface area contributed by atoms with Gasteiger partial charge in [-0.1, -0.05) is 42.5 Å². The fourth-order valence-corrected chi connectivity index (χ4v) is 2.32. The first-order valence-corrected chi connectivity index (χ1v) is 8.25. The van der Waals surface area contributed by atoms with Crippen molar-refractivity contribution in [3.63, 3.8) is 0 Å². The van der Waals surface area contributed by atoms with Crippen molar-refractivity contribution in [2.45, 2.75) is 18.9 Å². The maximum Gasteiger partial charge on any atom is 0.338 e. The largest absolute Gasteiger partial charge is 0.452 e. The number of hydrogen-bond acceptors (Lipinski definition) is 5. The molecule has 6 heteroatoms. The van der Waals surface area contributed by atoms with Crippen LogP contribution in [0.1, 0.15) is 43.9 Å². The van der Waals surface area contributed by atoms with Gasteiger partial charge in [-0.3, -0.25) is 14.4 Å². The van der Waals surface area contributed by atoms with Crippen LogP contribution in [-0.2, 0) is 9.53 Å². The van der Waals surface area contributed by atoms with Crippen LogP contribution in [0.25, 0.3) is 0 Å². The van der Waals surface area contributed by atoms with E-state index in [2.05, 4.69) is 5.32 Å². The highest BCUT2D eigenvalue weighted by atomic mass is 16.5. The molecule has 6 nitrogen and oxygen atoms in total. The zero-order chi connectivity index (χ0) is 18.5. The highest BCUT2D eigenvalue weighted by Gasteiger charge is 2.24. The summed E-state index contributed by atoms with van der Waals surface area (Å²) in [4.78, 5) is 47.8. The number of nitrogens with one attached hydrogen (secondary N) is 1. The Hall–Kier alpha value is -3.28. The molecule has 2 aromatic carbocycles. The van der Waals surface area contributed by atoms with Crippen molar-refractivity contribution < 1.29 is 23.9 Å². The van der Waals surface area contributed by atoms with Gasteiger partial charge in [0.05, 0.1) is 5.56 Å². The topological polar surface area (TPSA) is 89.5 Å². The van der Waals surface area contributed by atoms with Gasteiger partial charge in [-0.2, -0.15) is 0 Å². The maximum atomic E-state index is 12.2. The van der Waals surface area contributed by atoms with Crippen molar-refractivity contribution >= 4 is 23.4 Å². The number of carbonyl (C=O) groups excluding carboxylic acids is 4. The summed E-state index contributed by atoms with van der Waals surface area (Å²) in [6.07, 6.45) is 1.91. The molecule has 0 bridgehead atoms. The Kier molecular flexibility index (Phi) is 5.22. The Morgan fingerprint density at radius 3 is 1.92 bits per heavy atom. The second-order valence-corrected chi connectivity index (χ2v) is 6.02. The Bertz CT molecular complexity index is 838. The molecule has 0 heterocycles. The summed E-state index contributed by atoms with van der Waals surface area (Å²) in [5.74, 6) is -2.26. The van der Waals surface area contributed by atoms with Crippen LogP contribution < -0.4 is 5.32 Å². The number of benzene rings is 2. The Balaban J connectivity index is 1.58. The molecule has 132 valence electrons. The smallest absolute Gasteiger partial charge is 0.338 e. The predicted octanol–water partition coefficient (Wildman–Crippen LogP) is 2.19. The van der Waals surface area contributed by atoms with Gasteiger partial charge in [0.25, 0.3) is 5.91 Å². The molecular formula is C20H17NO5. The number of amides is 1. The van der Waals surface area contributed by atoms with Crippen molar-refractivity contribution in [3.8, 4) is 0 Å². The van der Waals surface area contributed by atoms with Crippen molar-refractivity contribution in [3.05, 3.63) is 71.3 Å². The molecule has 1 amide bonds. The predicted molar refractivity (Wildman–Crippen MR) is 93.0 cm³/mol. The highest BCUT2D eigenvalue weighted by molar-refractivity contribution is 6.49. The SMILES string of the molecule is O=C(COC(=O)c1ccc(C(=O)C(=O)c2ccccc2)cc1)NC1CC1. The van der Waals surface area contributed by atoms with E-state index in [1.807, 2.05) is 0 Å². The molecule has 0 saturated heterocycles. The third-order valence-corrected chi connectivity index (χ3v) is 3.90. The average molecular weight is 351 g/mol. The summed E-state index contributed by atoms with van der Waals surface area (Å²) in [5, 5.41) is 2.71. The minimum Gasteiger partial charge on any atom is -0.452 e. The molecule has 1 aliphatic carbocycles. The Labute approximate surface area is 150 Å². The van der Waals surface area contributed by atoms with Crippen molar-refractivity contribution in [1.29, 1.82) is 0 Å². The van der Waals surface area contributed by atoms with Gasteiger partial charge in [0.2, 0.25) is 11.6 Å². The number of ether oxygens (including phenoxy) is 1. The van der Waals surface area contributed by atoms with E-state index in [0.717, 1.165) is 12.8 Å². The van der Waals surface area contributed by atoms with Gasteiger partial charge in [0.15, 0.2) is 6.61 Å². The first-order valence-electron chi connectivity index (χ1n) is 8.25. The zero-order valence-electron chi connectivity index (χ0n) is 13.9. The maximum absolute atomic E-state index is 12.2. The van der Waals surface area contributed by atoms with Crippen LogP contribution in [-0.4, -0.2) is 36.1 Å². The third-order valence-electron chi connectivity index (χ3n) is 3.90. The number of Topliss-reactive ketones (excluding diaryl/α,β-unsaturated/α-hetero) is 2. The normalized spacial score (nSPS) is 12.9. The summed E-state index contributed by atoms with van der Waals surface area (Å²) in [6.45, 7) is -0.345. The zero-order valence-corrected chi connectivity index (χ0v) is 13.9. The second-order valence-electron chi connectivity index (χ2n) is 6.02. The molecule has 2 aromatic rings. The van der Waals surface area contributed by atoms with E-state index in [1.54, 1.807) is 30.3 Å². The summed E-state index contributed by atoms with van der Waals surface area (Å²) in [6, 6.07) is 14.0. The quantitative estimate of drug-likeness (QED) is 0.469. The Morgan fingerprint density at radius 2 is 1.35 bits per heavy atom. The van der Waals surface area contributed by atoms with Gasteiger partial charge in [-0.15, -0.1) is 0 Å². The van der Waals surface area contributed by atoms with Crippen LogP contribution in [0.2, 0.25) is 0 Å². The molecule has 1 saturated carbocycles. The number of rotatable bonds is 7. The van der Waals surface area contributed by atoms with Gasteiger partial charge in [-0.25, -0.2) is 4.79 Å². The molecule has 0 unspecified atom stereocenters. The van der Waals surface area contributed by atoms with E-state index in [4.69, 9.17) is 4.74 Å². The minimum atomic E-state index is -0.663. The van der Waals surface area contributed by atoms with Gasteiger partial charge in [0.1, 0.15) is 0 Å². The molecule has 0 radical (unpaired) electrons. The van der Waals surface area contributed by atoms with Crippen LogP contribution >= 0.6 is 0 Å². The first-order chi connectivity index (χ1) is 12.5. The van der Waals surface area contributed by atoms with Crippen LogP contribution in [0.3, 0.4) is 0 Å². The number of hydrogen-bond donors (Lipinski definition) is 1. The van der Waals surface area contributed by atoms with E-state index in [9.17, 15) is 19.2 Å². The third kappa shape index (κ3) is 4.42. The molecule has 1 fully saturated rings. The van der Waals surface area contributed by atoms with Crippen LogP contribution in [0.5, 0.6) is 0 Å². The van der Waals surface area contributed by atoms with E-state index < -0.39 is 17.5 Å². The van der Waals surface area contributed by atoms with E-state index >= 15 is 0 Å². The number of ketones is 2. The van der Waals surface area contributed by atoms with Crippen molar-refractivity contribution in [1.82, 2.24) is 5.32 Å². The van der Waals surface area contributed by atoms with Gasteiger partial charge in [0, 0.05) is 17.2 Å². The standard InChI is InChI=1S/C20H17NO5/c22-17(21-16-10-11-16)12-26-20(25)15-8-6-14(7-9-15)19(24)18(23)13-4-2-1-3-5-13/h1-9,16H,10-12H2,(H,21,22). The summed E-state index contributed by atoms with van der Waals surface area (Å²) in [5.41, 5.74) is 0.692. The van der Waals surface area contributed by atoms with E-state index in [1.165, 1.54) is 24.3 Å². The number of esters is 1. The van der Waals surface area contributed by atoms with Crippen LogP contribution in [0.4, 0.5) is 0 Å². The van der Waals surface area contributed by atoms with Gasteiger partial charge < -0.3 is 10.1 Å². The first kappa shape index (κ1) is 17.5. The minimum absolute atomic E-state index is 0.182.